The summed E-state index contributed by atoms with van der Waals surface area (Å²) < 4.78 is 24.9. The minimum absolute atomic E-state index is 0.0224. The van der Waals surface area contributed by atoms with Gasteiger partial charge in [0.05, 0.1) is 4.75 Å². The lowest BCUT2D eigenvalue weighted by molar-refractivity contribution is 0.524. The van der Waals surface area contributed by atoms with Gasteiger partial charge in [-0.2, -0.15) is 0 Å². The summed E-state index contributed by atoms with van der Waals surface area (Å²) in [6.45, 7) is 8.90. The number of rotatable bonds is 3. The molecule has 0 aliphatic rings. The van der Waals surface area contributed by atoms with Crippen molar-refractivity contribution in [3.63, 3.8) is 0 Å². The molecule has 0 amide bonds. The van der Waals surface area contributed by atoms with E-state index in [1.54, 1.807) is 20.8 Å². The zero-order valence-electron chi connectivity index (χ0n) is 8.51. The quantitative estimate of drug-likeness (QED) is 0.738. The summed E-state index contributed by atoms with van der Waals surface area (Å²) in [6.07, 6.45) is 0.815. The van der Waals surface area contributed by atoms with Crippen LogP contribution in [0.2, 0.25) is 0 Å². The molecule has 0 saturated carbocycles. The van der Waals surface area contributed by atoms with Crippen LogP contribution >= 0.6 is 0 Å². The Hall–Kier alpha value is -0.0900. The van der Waals surface area contributed by atoms with Crippen molar-refractivity contribution in [2.45, 2.75) is 51.8 Å². The predicted molar refractivity (Wildman–Crippen MR) is 51.6 cm³/mol. The molecule has 0 radical (unpaired) electrons. The van der Waals surface area contributed by atoms with Crippen LogP contribution in [-0.2, 0) is 10.0 Å². The Morgan fingerprint density at radius 3 is 2.00 bits per heavy atom. The van der Waals surface area contributed by atoms with Crippen molar-refractivity contribution in [2.75, 3.05) is 0 Å². The van der Waals surface area contributed by atoms with Gasteiger partial charge < -0.3 is 0 Å². The standard InChI is InChI=1S/C8H19NO2S/c1-6-7(2)9-12(10,11)8(3,4)5/h7,9H,6H2,1-5H3. The predicted octanol–water partition coefficient (Wildman–Crippen LogP) is 1.50. The maximum absolute atomic E-state index is 11.5. The van der Waals surface area contributed by atoms with Crippen molar-refractivity contribution in [2.24, 2.45) is 0 Å². The Bertz CT molecular complexity index is 226. The van der Waals surface area contributed by atoms with Crippen LogP contribution in [0.1, 0.15) is 41.0 Å². The fourth-order valence-electron chi connectivity index (χ4n) is 0.525. The van der Waals surface area contributed by atoms with Crippen LogP contribution in [0.4, 0.5) is 0 Å². The van der Waals surface area contributed by atoms with E-state index in [0.29, 0.717) is 0 Å². The van der Waals surface area contributed by atoms with Gasteiger partial charge in [0.25, 0.3) is 0 Å². The molecule has 0 aliphatic carbocycles. The van der Waals surface area contributed by atoms with E-state index in [2.05, 4.69) is 4.72 Å². The van der Waals surface area contributed by atoms with E-state index in [0.717, 1.165) is 6.42 Å². The normalized spacial score (nSPS) is 16.1. The van der Waals surface area contributed by atoms with Crippen molar-refractivity contribution >= 4 is 10.0 Å². The molecule has 0 aromatic carbocycles. The van der Waals surface area contributed by atoms with Gasteiger partial charge >= 0.3 is 0 Å². The van der Waals surface area contributed by atoms with Gasteiger partial charge in [-0.3, -0.25) is 0 Å². The SMILES string of the molecule is CCC(C)NS(=O)(=O)C(C)(C)C. The highest BCUT2D eigenvalue weighted by atomic mass is 32.2. The molecule has 0 bridgehead atoms. The van der Waals surface area contributed by atoms with E-state index in [4.69, 9.17) is 0 Å². The molecule has 0 aliphatic heterocycles. The summed E-state index contributed by atoms with van der Waals surface area (Å²) in [5.74, 6) is 0. The highest BCUT2D eigenvalue weighted by molar-refractivity contribution is 7.90. The monoisotopic (exact) mass is 193 g/mol. The summed E-state index contributed by atoms with van der Waals surface area (Å²) in [6, 6.07) is 0.0224. The molecule has 0 aromatic rings. The second kappa shape index (κ2) is 3.75. The topological polar surface area (TPSA) is 46.2 Å². The molecule has 0 spiro atoms. The Balaban J connectivity index is 4.46. The van der Waals surface area contributed by atoms with E-state index >= 15 is 0 Å². The first-order chi connectivity index (χ1) is 5.20. The van der Waals surface area contributed by atoms with E-state index < -0.39 is 14.8 Å². The molecule has 0 heterocycles. The van der Waals surface area contributed by atoms with Gasteiger partial charge in [-0.1, -0.05) is 6.92 Å². The molecule has 1 atom stereocenters. The van der Waals surface area contributed by atoms with E-state index in [9.17, 15) is 8.42 Å². The number of nitrogens with one attached hydrogen (secondary N) is 1. The molecule has 0 saturated heterocycles. The molecule has 0 rings (SSSR count). The maximum atomic E-state index is 11.5. The summed E-state index contributed by atoms with van der Waals surface area (Å²) in [4.78, 5) is 0. The first kappa shape index (κ1) is 11.9. The molecule has 4 heteroatoms. The molecule has 12 heavy (non-hydrogen) atoms. The van der Waals surface area contributed by atoms with Crippen LogP contribution in [-0.4, -0.2) is 19.2 Å². The van der Waals surface area contributed by atoms with E-state index in [-0.39, 0.29) is 6.04 Å². The van der Waals surface area contributed by atoms with Gasteiger partial charge in [0.1, 0.15) is 0 Å². The second-order valence-corrected chi connectivity index (χ2v) is 6.51. The third-order valence-corrected chi connectivity index (χ3v) is 4.10. The average Bonchev–Trinajstić information content (AvgIpc) is 1.84. The lowest BCUT2D eigenvalue weighted by Crippen LogP contribution is -2.43. The minimum atomic E-state index is -3.16. The Morgan fingerprint density at radius 2 is 1.75 bits per heavy atom. The van der Waals surface area contributed by atoms with Crippen LogP contribution in [0.15, 0.2) is 0 Å². The van der Waals surface area contributed by atoms with Crippen molar-refractivity contribution in [3.05, 3.63) is 0 Å². The summed E-state index contributed by atoms with van der Waals surface area (Å²) >= 11 is 0. The Morgan fingerprint density at radius 1 is 1.33 bits per heavy atom. The molecule has 0 aromatic heterocycles. The third-order valence-electron chi connectivity index (χ3n) is 1.77. The third kappa shape index (κ3) is 3.11. The van der Waals surface area contributed by atoms with Gasteiger partial charge in [-0.05, 0) is 34.1 Å². The molecule has 3 nitrogen and oxygen atoms in total. The molecule has 74 valence electrons. The Labute approximate surface area is 75.6 Å². The van der Waals surface area contributed by atoms with E-state index in [1.165, 1.54) is 0 Å². The van der Waals surface area contributed by atoms with Crippen molar-refractivity contribution < 1.29 is 8.42 Å². The lowest BCUT2D eigenvalue weighted by Gasteiger charge is -2.22. The zero-order valence-corrected chi connectivity index (χ0v) is 9.33. The summed E-state index contributed by atoms with van der Waals surface area (Å²) in [5.41, 5.74) is 0. The van der Waals surface area contributed by atoms with Gasteiger partial charge in [0.2, 0.25) is 10.0 Å². The molecule has 1 N–H and O–H groups in total. The number of sulfonamides is 1. The first-order valence-corrected chi connectivity index (χ1v) is 5.71. The number of hydrogen-bond donors (Lipinski definition) is 1. The average molecular weight is 193 g/mol. The highest BCUT2D eigenvalue weighted by Crippen LogP contribution is 2.13. The van der Waals surface area contributed by atoms with Gasteiger partial charge in [0, 0.05) is 6.04 Å². The van der Waals surface area contributed by atoms with Crippen LogP contribution in [0, 0.1) is 0 Å². The maximum Gasteiger partial charge on any atom is 0.216 e. The van der Waals surface area contributed by atoms with Crippen molar-refractivity contribution in [3.8, 4) is 0 Å². The molecule has 1 unspecified atom stereocenters. The smallest absolute Gasteiger partial charge is 0.212 e. The van der Waals surface area contributed by atoms with Gasteiger partial charge in [-0.15, -0.1) is 0 Å². The first-order valence-electron chi connectivity index (χ1n) is 4.22. The van der Waals surface area contributed by atoms with Crippen molar-refractivity contribution in [1.29, 1.82) is 0 Å². The lowest BCUT2D eigenvalue weighted by atomic mass is 10.3. The van der Waals surface area contributed by atoms with E-state index in [1.807, 2.05) is 13.8 Å². The second-order valence-electron chi connectivity index (χ2n) is 4.04. The fourth-order valence-corrected chi connectivity index (χ4v) is 1.57. The number of hydrogen-bond acceptors (Lipinski definition) is 2. The summed E-state index contributed by atoms with van der Waals surface area (Å²) in [5, 5.41) is 0. The van der Waals surface area contributed by atoms with Crippen LogP contribution in [0.3, 0.4) is 0 Å². The van der Waals surface area contributed by atoms with Crippen LogP contribution in [0.5, 0.6) is 0 Å². The highest BCUT2D eigenvalue weighted by Gasteiger charge is 2.29. The molecule has 0 fully saturated rings. The zero-order chi connectivity index (χ0) is 9.99. The van der Waals surface area contributed by atoms with Gasteiger partial charge in [-0.25, -0.2) is 13.1 Å². The Kier molecular flexibility index (Phi) is 3.72. The van der Waals surface area contributed by atoms with Crippen LogP contribution < -0.4 is 4.72 Å². The summed E-state index contributed by atoms with van der Waals surface area (Å²) in [7, 11) is -3.16. The largest absolute Gasteiger partial charge is 0.216 e. The van der Waals surface area contributed by atoms with Crippen LogP contribution in [0.25, 0.3) is 0 Å². The van der Waals surface area contributed by atoms with Crippen molar-refractivity contribution in [1.82, 2.24) is 4.72 Å². The minimum Gasteiger partial charge on any atom is -0.212 e. The molecular weight excluding hydrogens is 174 g/mol. The molecular formula is C8H19NO2S. The van der Waals surface area contributed by atoms with Gasteiger partial charge in [0.15, 0.2) is 0 Å². The fraction of sp³-hybridized carbons (Fsp3) is 1.00.